The predicted octanol–water partition coefficient (Wildman–Crippen LogP) is 6.09. The first-order chi connectivity index (χ1) is 13.6. The van der Waals surface area contributed by atoms with Crippen LogP contribution in [-0.2, 0) is 28.7 Å². The molecule has 0 aliphatic heterocycles. The number of hydrogen-bond acceptors (Lipinski definition) is 3. The minimum Gasteiger partial charge on any atom is -0.489 e. The van der Waals surface area contributed by atoms with Crippen molar-refractivity contribution in [2.75, 3.05) is 0 Å². The zero-order valence-corrected chi connectivity index (χ0v) is 17.0. The molecule has 0 saturated heterocycles. The van der Waals surface area contributed by atoms with Gasteiger partial charge in [0.05, 0.1) is 5.56 Å². The van der Waals surface area contributed by atoms with Gasteiger partial charge in [0, 0.05) is 12.5 Å². The SMILES string of the molecule is CC(=O)O[C@H]1c2c(C)c(OCc3cccc(C(F)(F)F)c3)cc(C)c2CC[C@H]1C. The number of ether oxygens (including phenoxy) is 2. The number of aryl methyl sites for hydroxylation is 1. The Bertz CT molecular complexity index is 918. The maximum Gasteiger partial charge on any atom is 0.416 e. The second-order valence-corrected chi connectivity index (χ2v) is 7.74. The number of esters is 1. The maximum absolute atomic E-state index is 12.9. The smallest absolute Gasteiger partial charge is 0.416 e. The van der Waals surface area contributed by atoms with Crippen LogP contribution < -0.4 is 4.74 Å². The molecule has 0 aromatic heterocycles. The summed E-state index contributed by atoms with van der Waals surface area (Å²) < 4.78 is 50.4. The number of rotatable bonds is 4. The second kappa shape index (κ2) is 8.09. The van der Waals surface area contributed by atoms with Gasteiger partial charge >= 0.3 is 12.1 Å². The average Bonchev–Trinajstić information content (AvgIpc) is 2.64. The predicted molar refractivity (Wildman–Crippen MR) is 104 cm³/mol. The molecule has 3 rings (SSSR count). The zero-order valence-electron chi connectivity index (χ0n) is 17.0. The van der Waals surface area contributed by atoms with Crippen LogP contribution in [0.1, 0.15) is 59.8 Å². The average molecular weight is 406 g/mol. The van der Waals surface area contributed by atoms with Crippen LogP contribution in [-0.4, -0.2) is 5.97 Å². The lowest BCUT2D eigenvalue weighted by molar-refractivity contribution is -0.150. The first kappa shape index (κ1) is 21.2. The Morgan fingerprint density at radius 3 is 2.59 bits per heavy atom. The molecule has 29 heavy (non-hydrogen) atoms. The number of hydrogen-bond donors (Lipinski definition) is 0. The summed E-state index contributed by atoms with van der Waals surface area (Å²) in [6.07, 6.45) is -2.90. The highest BCUT2D eigenvalue weighted by Gasteiger charge is 2.33. The number of carbonyl (C=O) groups is 1. The van der Waals surface area contributed by atoms with E-state index in [1.165, 1.54) is 18.6 Å². The Morgan fingerprint density at radius 1 is 1.21 bits per heavy atom. The summed E-state index contributed by atoms with van der Waals surface area (Å²) in [4.78, 5) is 11.6. The molecule has 0 spiro atoms. The zero-order chi connectivity index (χ0) is 21.3. The van der Waals surface area contributed by atoms with Gasteiger partial charge in [0.2, 0.25) is 0 Å². The minimum absolute atomic E-state index is 0.0246. The Morgan fingerprint density at radius 2 is 1.93 bits per heavy atom. The molecular weight excluding hydrogens is 381 g/mol. The van der Waals surface area contributed by atoms with Crippen LogP contribution in [0, 0.1) is 19.8 Å². The quantitative estimate of drug-likeness (QED) is 0.577. The fourth-order valence-electron chi connectivity index (χ4n) is 3.99. The van der Waals surface area contributed by atoms with E-state index in [0.717, 1.165) is 41.7 Å². The van der Waals surface area contributed by atoms with E-state index in [2.05, 4.69) is 6.92 Å². The summed E-state index contributed by atoms with van der Waals surface area (Å²) in [7, 11) is 0. The number of alkyl halides is 3. The third-order valence-electron chi connectivity index (χ3n) is 5.51. The van der Waals surface area contributed by atoms with E-state index >= 15 is 0 Å². The van der Waals surface area contributed by atoms with Gasteiger partial charge in [0.25, 0.3) is 0 Å². The number of carbonyl (C=O) groups excluding carboxylic acids is 1. The molecule has 2 aromatic rings. The highest BCUT2D eigenvalue weighted by molar-refractivity contribution is 5.67. The highest BCUT2D eigenvalue weighted by Crippen LogP contribution is 2.43. The van der Waals surface area contributed by atoms with Gasteiger partial charge in [0.15, 0.2) is 0 Å². The van der Waals surface area contributed by atoms with Crippen molar-refractivity contribution in [2.24, 2.45) is 5.92 Å². The molecule has 0 unspecified atom stereocenters. The molecule has 2 aromatic carbocycles. The Labute approximate surface area is 168 Å². The van der Waals surface area contributed by atoms with Gasteiger partial charge < -0.3 is 9.47 Å². The summed E-state index contributed by atoms with van der Waals surface area (Å²) in [5, 5.41) is 0. The molecule has 0 bridgehead atoms. The van der Waals surface area contributed by atoms with Crippen molar-refractivity contribution in [2.45, 2.75) is 59.4 Å². The molecule has 1 aliphatic carbocycles. The summed E-state index contributed by atoms with van der Waals surface area (Å²) in [6.45, 7) is 7.37. The number of benzene rings is 2. The number of fused-ring (bicyclic) bond motifs is 1. The van der Waals surface area contributed by atoms with Crippen molar-refractivity contribution >= 4 is 5.97 Å². The molecule has 0 saturated carbocycles. The van der Waals surface area contributed by atoms with E-state index in [9.17, 15) is 18.0 Å². The molecule has 156 valence electrons. The van der Waals surface area contributed by atoms with Crippen molar-refractivity contribution in [3.05, 3.63) is 63.7 Å². The lowest BCUT2D eigenvalue weighted by Crippen LogP contribution is -2.24. The van der Waals surface area contributed by atoms with E-state index < -0.39 is 11.7 Å². The molecular formula is C23H25F3O3. The molecule has 6 heteroatoms. The fraction of sp³-hybridized carbons (Fsp3) is 0.435. The molecule has 3 nitrogen and oxygen atoms in total. The lowest BCUT2D eigenvalue weighted by atomic mass is 9.78. The van der Waals surface area contributed by atoms with Gasteiger partial charge in [-0.25, -0.2) is 0 Å². The molecule has 1 aliphatic rings. The summed E-state index contributed by atoms with van der Waals surface area (Å²) >= 11 is 0. The van der Waals surface area contributed by atoms with Gasteiger partial charge in [-0.1, -0.05) is 19.1 Å². The van der Waals surface area contributed by atoms with Crippen molar-refractivity contribution in [1.82, 2.24) is 0 Å². The second-order valence-electron chi connectivity index (χ2n) is 7.74. The molecule has 0 radical (unpaired) electrons. The van der Waals surface area contributed by atoms with Crippen LogP contribution >= 0.6 is 0 Å². The molecule has 0 fully saturated rings. The van der Waals surface area contributed by atoms with Crippen LogP contribution in [0.3, 0.4) is 0 Å². The van der Waals surface area contributed by atoms with E-state index in [-0.39, 0.29) is 24.6 Å². The topological polar surface area (TPSA) is 35.5 Å². The van der Waals surface area contributed by atoms with Crippen LogP contribution in [0.5, 0.6) is 5.75 Å². The van der Waals surface area contributed by atoms with E-state index in [1.54, 1.807) is 6.07 Å². The minimum atomic E-state index is -4.39. The standard InChI is InChI=1S/C23H25F3O3/c1-13-8-9-19-14(2)10-20(15(3)21(19)22(13)29-16(4)27)28-12-17-6-5-7-18(11-17)23(24,25)26/h5-7,10-11,13,22H,8-9,12H2,1-4H3/t13-,22-/m1/s1. The molecule has 0 amide bonds. The van der Waals surface area contributed by atoms with Gasteiger partial charge in [0.1, 0.15) is 18.5 Å². The first-order valence-corrected chi connectivity index (χ1v) is 9.67. The monoisotopic (exact) mass is 406 g/mol. The summed E-state index contributed by atoms with van der Waals surface area (Å²) in [5.41, 5.74) is 3.79. The Kier molecular flexibility index (Phi) is 5.92. The van der Waals surface area contributed by atoms with E-state index in [1.807, 2.05) is 19.9 Å². The van der Waals surface area contributed by atoms with Gasteiger partial charge in [-0.15, -0.1) is 0 Å². The normalized spacial score (nSPS) is 18.9. The van der Waals surface area contributed by atoms with Crippen LogP contribution in [0.15, 0.2) is 30.3 Å². The van der Waals surface area contributed by atoms with Gasteiger partial charge in [-0.3, -0.25) is 4.79 Å². The maximum atomic E-state index is 12.9. The van der Waals surface area contributed by atoms with Crippen molar-refractivity contribution in [3.63, 3.8) is 0 Å². The van der Waals surface area contributed by atoms with Gasteiger partial charge in [-0.2, -0.15) is 13.2 Å². The highest BCUT2D eigenvalue weighted by atomic mass is 19.4. The lowest BCUT2D eigenvalue weighted by Gasteiger charge is -2.33. The third kappa shape index (κ3) is 4.57. The first-order valence-electron chi connectivity index (χ1n) is 9.67. The third-order valence-corrected chi connectivity index (χ3v) is 5.51. The van der Waals surface area contributed by atoms with Crippen LogP contribution in [0.25, 0.3) is 0 Å². The van der Waals surface area contributed by atoms with Crippen molar-refractivity contribution in [3.8, 4) is 5.75 Å². The van der Waals surface area contributed by atoms with E-state index in [0.29, 0.717) is 11.3 Å². The number of halogens is 3. The Balaban J connectivity index is 1.91. The van der Waals surface area contributed by atoms with Gasteiger partial charge in [-0.05, 0) is 73.1 Å². The van der Waals surface area contributed by atoms with Crippen LogP contribution in [0.4, 0.5) is 13.2 Å². The van der Waals surface area contributed by atoms with E-state index in [4.69, 9.17) is 9.47 Å². The summed E-state index contributed by atoms with van der Waals surface area (Å²) in [5.74, 6) is 0.454. The fourth-order valence-corrected chi connectivity index (χ4v) is 3.99. The van der Waals surface area contributed by atoms with Crippen molar-refractivity contribution in [1.29, 1.82) is 0 Å². The Hall–Kier alpha value is -2.50. The van der Waals surface area contributed by atoms with Crippen molar-refractivity contribution < 1.29 is 27.4 Å². The largest absolute Gasteiger partial charge is 0.489 e. The summed E-state index contributed by atoms with van der Waals surface area (Å²) in [6, 6.07) is 7.06. The molecule has 0 N–H and O–H groups in total. The molecule has 2 atom stereocenters. The molecule has 0 heterocycles. The van der Waals surface area contributed by atoms with Crippen LogP contribution in [0.2, 0.25) is 0 Å².